The molecule has 0 bridgehead atoms. The van der Waals surface area contributed by atoms with Crippen LogP contribution >= 0.6 is 0 Å². The van der Waals surface area contributed by atoms with Gasteiger partial charge in [-0.1, -0.05) is 6.92 Å². The van der Waals surface area contributed by atoms with Crippen LogP contribution in [0.4, 0.5) is 0 Å². The fraction of sp³-hybridized carbons (Fsp3) is 0.429. The lowest BCUT2D eigenvalue weighted by molar-refractivity contribution is 0.794. The first kappa shape index (κ1) is 12.8. The third-order valence-electron chi connectivity index (χ3n) is 3.34. The van der Waals surface area contributed by atoms with Gasteiger partial charge in [-0.25, -0.2) is 9.67 Å². The van der Waals surface area contributed by atoms with E-state index >= 15 is 0 Å². The Kier molecular flexibility index (Phi) is 3.48. The lowest BCUT2D eigenvalue weighted by atomic mass is 10.1. The molecule has 0 fully saturated rings. The zero-order chi connectivity index (χ0) is 13.3. The Bertz CT molecular complexity index is 569. The molecule has 18 heavy (non-hydrogen) atoms. The van der Waals surface area contributed by atoms with E-state index in [9.17, 15) is 0 Å². The van der Waals surface area contributed by atoms with Crippen molar-refractivity contribution in [2.75, 3.05) is 0 Å². The van der Waals surface area contributed by atoms with Gasteiger partial charge in [-0.2, -0.15) is 5.10 Å². The first-order chi connectivity index (χ1) is 8.58. The van der Waals surface area contributed by atoms with Crippen LogP contribution in [-0.2, 0) is 13.0 Å². The highest BCUT2D eigenvalue weighted by Crippen LogP contribution is 2.19. The molecule has 0 aliphatic carbocycles. The standard InChI is InChI=1S/C14H20N4/c1-5-13-10(3)17-18(11(13)4)14-9(2)6-12(7-15)8-16-14/h6,8H,5,7,15H2,1-4H3. The van der Waals surface area contributed by atoms with Crippen LogP contribution in [0.3, 0.4) is 0 Å². The smallest absolute Gasteiger partial charge is 0.156 e. The molecule has 0 aliphatic rings. The number of nitrogens with two attached hydrogens (primary N) is 1. The molecule has 2 heterocycles. The summed E-state index contributed by atoms with van der Waals surface area (Å²) in [6, 6.07) is 2.07. The molecule has 0 spiro atoms. The van der Waals surface area contributed by atoms with Crippen LogP contribution < -0.4 is 5.73 Å². The van der Waals surface area contributed by atoms with Crippen LogP contribution in [0.2, 0.25) is 0 Å². The van der Waals surface area contributed by atoms with Gasteiger partial charge >= 0.3 is 0 Å². The molecule has 0 atom stereocenters. The number of aryl methyl sites for hydroxylation is 2. The van der Waals surface area contributed by atoms with Gasteiger partial charge in [-0.3, -0.25) is 0 Å². The number of pyridine rings is 1. The Morgan fingerprint density at radius 1 is 1.28 bits per heavy atom. The second kappa shape index (κ2) is 4.90. The topological polar surface area (TPSA) is 56.7 Å². The molecule has 0 unspecified atom stereocenters. The quantitative estimate of drug-likeness (QED) is 0.900. The van der Waals surface area contributed by atoms with Crippen molar-refractivity contribution in [1.82, 2.24) is 14.8 Å². The normalized spacial score (nSPS) is 10.9. The third-order valence-corrected chi connectivity index (χ3v) is 3.34. The van der Waals surface area contributed by atoms with Crippen molar-refractivity contribution < 1.29 is 0 Å². The largest absolute Gasteiger partial charge is 0.326 e. The summed E-state index contributed by atoms with van der Waals surface area (Å²) in [6.07, 6.45) is 2.82. The predicted octanol–water partition coefficient (Wildman–Crippen LogP) is 2.21. The molecule has 2 aromatic heterocycles. The van der Waals surface area contributed by atoms with Crippen molar-refractivity contribution in [2.45, 2.75) is 40.7 Å². The summed E-state index contributed by atoms with van der Waals surface area (Å²) in [4.78, 5) is 4.49. The Hall–Kier alpha value is -1.68. The molecular weight excluding hydrogens is 224 g/mol. The highest BCUT2D eigenvalue weighted by atomic mass is 15.3. The van der Waals surface area contributed by atoms with Crippen molar-refractivity contribution in [3.8, 4) is 5.82 Å². The van der Waals surface area contributed by atoms with Gasteiger partial charge in [0.2, 0.25) is 0 Å². The number of nitrogens with zero attached hydrogens (tertiary/aromatic N) is 3. The molecule has 0 saturated heterocycles. The first-order valence-corrected chi connectivity index (χ1v) is 6.29. The molecule has 4 heteroatoms. The minimum Gasteiger partial charge on any atom is -0.326 e. The molecule has 96 valence electrons. The summed E-state index contributed by atoms with van der Waals surface area (Å²) < 4.78 is 1.93. The molecule has 4 nitrogen and oxygen atoms in total. The number of hydrogen-bond acceptors (Lipinski definition) is 3. The maximum Gasteiger partial charge on any atom is 0.156 e. The average molecular weight is 244 g/mol. The second-order valence-corrected chi connectivity index (χ2v) is 4.60. The number of hydrogen-bond donors (Lipinski definition) is 1. The van der Waals surface area contributed by atoms with Crippen LogP contribution in [0.5, 0.6) is 0 Å². The van der Waals surface area contributed by atoms with Crippen molar-refractivity contribution in [2.24, 2.45) is 5.73 Å². The van der Waals surface area contributed by atoms with E-state index in [4.69, 9.17) is 5.73 Å². The molecule has 0 aliphatic heterocycles. The molecule has 0 radical (unpaired) electrons. The van der Waals surface area contributed by atoms with E-state index in [0.29, 0.717) is 6.54 Å². The van der Waals surface area contributed by atoms with Gasteiger partial charge in [-0.15, -0.1) is 0 Å². The van der Waals surface area contributed by atoms with Gasteiger partial charge < -0.3 is 5.73 Å². The van der Waals surface area contributed by atoms with Crippen molar-refractivity contribution in [3.63, 3.8) is 0 Å². The Morgan fingerprint density at radius 3 is 2.50 bits per heavy atom. The van der Waals surface area contributed by atoms with Crippen molar-refractivity contribution in [1.29, 1.82) is 0 Å². The molecule has 0 amide bonds. The van der Waals surface area contributed by atoms with Crippen LogP contribution in [0.1, 0.15) is 35.0 Å². The molecule has 2 aromatic rings. The van der Waals surface area contributed by atoms with Gasteiger partial charge in [0.05, 0.1) is 5.69 Å². The van der Waals surface area contributed by atoms with Crippen LogP contribution in [0, 0.1) is 20.8 Å². The molecule has 2 N–H and O–H groups in total. The molecule has 2 rings (SSSR count). The zero-order valence-electron chi connectivity index (χ0n) is 11.5. The fourth-order valence-electron chi connectivity index (χ4n) is 2.35. The predicted molar refractivity (Wildman–Crippen MR) is 72.8 cm³/mol. The van der Waals surface area contributed by atoms with Gasteiger partial charge in [-0.05, 0) is 49.9 Å². The highest BCUT2D eigenvalue weighted by molar-refractivity contribution is 5.39. The van der Waals surface area contributed by atoms with E-state index in [-0.39, 0.29) is 0 Å². The summed E-state index contributed by atoms with van der Waals surface area (Å²) in [5, 5.41) is 4.59. The highest BCUT2D eigenvalue weighted by Gasteiger charge is 2.13. The second-order valence-electron chi connectivity index (χ2n) is 4.60. The van der Waals surface area contributed by atoms with E-state index in [1.807, 2.05) is 24.7 Å². The van der Waals surface area contributed by atoms with Gasteiger partial charge in [0.15, 0.2) is 5.82 Å². The fourth-order valence-corrected chi connectivity index (χ4v) is 2.35. The SMILES string of the molecule is CCc1c(C)nn(-c2ncc(CN)cc2C)c1C. The first-order valence-electron chi connectivity index (χ1n) is 6.29. The van der Waals surface area contributed by atoms with Gasteiger partial charge in [0, 0.05) is 18.4 Å². The summed E-state index contributed by atoms with van der Waals surface area (Å²) in [7, 11) is 0. The van der Waals surface area contributed by atoms with Crippen LogP contribution in [-0.4, -0.2) is 14.8 Å². The summed E-state index contributed by atoms with van der Waals surface area (Å²) >= 11 is 0. The minimum atomic E-state index is 0.519. The average Bonchev–Trinajstić information content (AvgIpc) is 2.64. The lowest BCUT2D eigenvalue weighted by Crippen LogP contribution is -2.07. The summed E-state index contributed by atoms with van der Waals surface area (Å²) in [6.45, 7) is 8.86. The summed E-state index contributed by atoms with van der Waals surface area (Å²) in [5.74, 6) is 0.896. The van der Waals surface area contributed by atoms with Crippen LogP contribution in [0.25, 0.3) is 5.82 Å². The number of aromatic nitrogens is 3. The monoisotopic (exact) mass is 244 g/mol. The van der Waals surface area contributed by atoms with E-state index in [2.05, 4.69) is 30.0 Å². The Labute approximate surface area is 108 Å². The molecule has 0 saturated carbocycles. The Balaban J connectivity index is 2.55. The van der Waals surface area contributed by atoms with E-state index in [1.165, 1.54) is 11.3 Å². The van der Waals surface area contributed by atoms with Gasteiger partial charge in [0.1, 0.15) is 0 Å². The van der Waals surface area contributed by atoms with Crippen molar-refractivity contribution >= 4 is 0 Å². The van der Waals surface area contributed by atoms with Crippen molar-refractivity contribution in [3.05, 3.63) is 40.3 Å². The third kappa shape index (κ3) is 2.04. The molecular formula is C14H20N4. The van der Waals surface area contributed by atoms with Gasteiger partial charge in [0.25, 0.3) is 0 Å². The maximum atomic E-state index is 5.62. The van der Waals surface area contributed by atoms with Crippen LogP contribution in [0.15, 0.2) is 12.3 Å². The van der Waals surface area contributed by atoms with E-state index < -0.39 is 0 Å². The zero-order valence-corrected chi connectivity index (χ0v) is 11.5. The van der Waals surface area contributed by atoms with E-state index in [0.717, 1.165) is 29.1 Å². The van der Waals surface area contributed by atoms with E-state index in [1.54, 1.807) is 0 Å². The molecule has 0 aromatic carbocycles. The summed E-state index contributed by atoms with van der Waals surface area (Å²) in [5.41, 5.74) is 11.3. The maximum absolute atomic E-state index is 5.62. The number of rotatable bonds is 3. The minimum absolute atomic E-state index is 0.519. The lowest BCUT2D eigenvalue weighted by Gasteiger charge is -2.08. The Morgan fingerprint density at radius 2 is 2.00 bits per heavy atom.